The van der Waals surface area contributed by atoms with Crippen molar-refractivity contribution < 1.29 is 19.4 Å². The van der Waals surface area contributed by atoms with Crippen LogP contribution < -0.4 is 5.73 Å². The summed E-state index contributed by atoms with van der Waals surface area (Å²) < 4.78 is 4.56. The van der Waals surface area contributed by atoms with Crippen molar-refractivity contribution in [3.8, 4) is 0 Å². The molecular formula is C9H15NO4. The number of amides is 1. The highest BCUT2D eigenvalue weighted by molar-refractivity contribution is 5.78. The van der Waals surface area contributed by atoms with E-state index in [2.05, 4.69) is 17.9 Å². The van der Waals surface area contributed by atoms with E-state index in [9.17, 15) is 9.59 Å². The summed E-state index contributed by atoms with van der Waals surface area (Å²) in [6, 6.07) is 0. The molecule has 0 rings (SSSR count). The number of hydrogen-bond donors (Lipinski definition) is 2. The van der Waals surface area contributed by atoms with Crippen LogP contribution in [0.4, 0.5) is 4.79 Å². The first-order valence-electron chi connectivity index (χ1n) is 3.86. The van der Waals surface area contributed by atoms with Crippen molar-refractivity contribution in [3.05, 3.63) is 25.3 Å². The Morgan fingerprint density at radius 3 is 2.21 bits per heavy atom. The highest BCUT2D eigenvalue weighted by atomic mass is 16.6. The molecule has 1 amide bonds. The van der Waals surface area contributed by atoms with Crippen LogP contribution in [-0.4, -0.2) is 23.3 Å². The minimum atomic E-state index is -0.981. The lowest BCUT2D eigenvalue weighted by Gasteiger charge is -2.06. The first-order chi connectivity index (χ1) is 6.43. The molecule has 5 nitrogen and oxygen atoms in total. The minimum absolute atomic E-state index is 0.153. The van der Waals surface area contributed by atoms with Crippen molar-refractivity contribution >= 4 is 12.1 Å². The van der Waals surface area contributed by atoms with Gasteiger partial charge in [0.05, 0.1) is 0 Å². The average molecular weight is 201 g/mol. The molecule has 0 aliphatic heterocycles. The van der Waals surface area contributed by atoms with Gasteiger partial charge in [0.15, 0.2) is 0 Å². The first-order valence-corrected chi connectivity index (χ1v) is 3.86. The van der Waals surface area contributed by atoms with Gasteiger partial charge in [-0.1, -0.05) is 12.7 Å². The zero-order chi connectivity index (χ0) is 11.6. The van der Waals surface area contributed by atoms with Crippen LogP contribution in [-0.2, 0) is 9.53 Å². The molecule has 3 N–H and O–H groups in total. The van der Waals surface area contributed by atoms with E-state index in [1.165, 1.54) is 0 Å². The average Bonchev–Trinajstić information content (AvgIpc) is 2.04. The van der Waals surface area contributed by atoms with Gasteiger partial charge in [-0.15, -0.1) is 6.58 Å². The number of rotatable bonds is 4. The van der Waals surface area contributed by atoms with Gasteiger partial charge in [0.2, 0.25) is 0 Å². The van der Waals surface area contributed by atoms with E-state index in [0.717, 1.165) is 6.08 Å². The van der Waals surface area contributed by atoms with Gasteiger partial charge < -0.3 is 15.6 Å². The van der Waals surface area contributed by atoms with Crippen molar-refractivity contribution in [2.45, 2.75) is 19.4 Å². The molecule has 0 saturated heterocycles. The van der Waals surface area contributed by atoms with Crippen LogP contribution in [0.5, 0.6) is 0 Å². The van der Waals surface area contributed by atoms with Crippen LogP contribution in [0.15, 0.2) is 25.3 Å². The van der Waals surface area contributed by atoms with E-state index < -0.39 is 12.1 Å². The Morgan fingerprint density at radius 1 is 1.57 bits per heavy atom. The quantitative estimate of drug-likeness (QED) is 0.530. The van der Waals surface area contributed by atoms with Crippen LogP contribution in [0.2, 0.25) is 0 Å². The lowest BCUT2D eigenvalue weighted by molar-refractivity contribution is -0.131. The van der Waals surface area contributed by atoms with Crippen LogP contribution in [0.3, 0.4) is 0 Å². The number of carboxylic acids is 1. The second-order valence-corrected chi connectivity index (χ2v) is 2.31. The smallest absolute Gasteiger partial charge is 0.404 e. The van der Waals surface area contributed by atoms with E-state index in [0.29, 0.717) is 6.42 Å². The van der Waals surface area contributed by atoms with E-state index in [1.54, 1.807) is 13.0 Å². The van der Waals surface area contributed by atoms with E-state index in [4.69, 9.17) is 10.8 Å². The molecular weight excluding hydrogens is 186 g/mol. The van der Waals surface area contributed by atoms with Crippen molar-refractivity contribution in [1.82, 2.24) is 0 Å². The predicted molar refractivity (Wildman–Crippen MR) is 52.8 cm³/mol. The number of hydrogen-bond acceptors (Lipinski definition) is 3. The predicted octanol–water partition coefficient (Wildman–Crippen LogP) is 1.30. The van der Waals surface area contributed by atoms with Crippen LogP contribution in [0, 0.1) is 0 Å². The molecule has 0 heterocycles. The van der Waals surface area contributed by atoms with Crippen LogP contribution >= 0.6 is 0 Å². The zero-order valence-corrected chi connectivity index (χ0v) is 8.10. The summed E-state index contributed by atoms with van der Waals surface area (Å²) in [6.07, 6.45) is 2.26. The molecule has 0 aromatic rings. The first kappa shape index (κ1) is 14.7. The number of ether oxygens (including phenoxy) is 1. The Kier molecular flexibility index (Phi) is 9.79. The fourth-order valence-corrected chi connectivity index (χ4v) is 0.481. The molecule has 5 heteroatoms. The highest BCUT2D eigenvalue weighted by Gasteiger charge is 2.01. The van der Waals surface area contributed by atoms with Gasteiger partial charge in [0, 0.05) is 12.5 Å². The van der Waals surface area contributed by atoms with Crippen LogP contribution in [0.1, 0.15) is 13.3 Å². The Hall–Kier alpha value is -1.78. The maximum absolute atomic E-state index is 10.1. The van der Waals surface area contributed by atoms with Gasteiger partial charge in [-0.2, -0.15) is 0 Å². The standard InChI is InChI=1S/C6H11NO2.C3H4O2/c1-3-4-5(2)9-6(7)8;1-2-3(4)5/h3,5H,1,4H2,2H3,(H2,7,8);2H,1H2,(H,4,5). The minimum Gasteiger partial charge on any atom is -0.478 e. The molecule has 80 valence electrons. The third kappa shape index (κ3) is 16.7. The summed E-state index contributed by atoms with van der Waals surface area (Å²) in [7, 11) is 0. The number of carbonyl (C=O) groups excluding carboxylic acids is 1. The molecule has 0 aromatic carbocycles. The molecule has 0 aromatic heterocycles. The third-order valence-corrected chi connectivity index (χ3v) is 0.991. The molecule has 0 bridgehead atoms. The second kappa shape index (κ2) is 9.31. The lowest BCUT2D eigenvalue weighted by Crippen LogP contribution is -2.19. The molecule has 0 fully saturated rings. The summed E-state index contributed by atoms with van der Waals surface area (Å²) in [5, 5.41) is 7.60. The molecule has 0 saturated carbocycles. The van der Waals surface area contributed by atoms with Crippen molar-refractivity contribution in [3.63, 3.8) is 0 Å². The number of carbonyl (C=O) groups is 2. The number of carboxylic acid groups (broad SMARTS) is 1. The van der Waals surface area contributed by atoms with Gasteiger partial charge in [-0.05, 0) is 6.92 Å². The van der Waals surface area contributed by atoms with E-state index >= 15 is 0 Å². The monoisotopic (exact) mass is 201 g/mol. The molecule has 0 spiro atoms. The fourth-order valence-electron chi connectivity index (χ4n) is 0.481. The van der Waals surface area contributed by atoms with E-state index in [-0.39, 0.29) is 6.10 Å². The zero-order valence-electron chi connectivity index (χ0n) is 8.10. The molecule has 1 atom stereocenters. The fraction of sp³-hybridized carbons (Fsp3) is 0.333. The molecule has 1 unspecified atom stereocenters. The number of nitrogens with two attached hydrogens (primary N) is 1. The van der Waals surface area contributed by atoms with E-state index in [1.807, 2.05) is 0 Å². The van der Waals surface area contributed by atoms with Gasteiger partial charge >= 0.3 is 12.1 Å². The summed E-state index contributed by atoms with van der Waals surface area (Å²) in [5.74, 6) is -0.981. The summed E-state index contributed by atoms with van der Waals surface area (Å²) in [5.41, 5.74) is 4.73. The normalized spacial score (nSPS) is 10.1. The maximum Gasteiger partial charge on any atom is 0.404 e. The Labute approximate surface area is 82.9 Å². The van der Waals surface area contributed by atoms with Crippen molar-refractivity contribution in [1.29, 1.82) is 0 Å². The summed E-state index contributed by atoms with van der Waals surface area (Å²) in [6.45, 7) is 8.19. The van der Waals surface area contributed by atoms with Gasteiger partial charge in [0.25, 0.3) is 0 Å². The molecule has 0 aliphatic rings. The third-order valence-electron chi connectivity index (χ3n) is 0.991. The molecule has 14 heavy (non-hydrogen) atoms. The topological polar surface area (TPSA) is 89.6 Å². The Morgan fingerprint density at radius 2 is 2.00 bits per heavy atom. The van der Waals surface area contributed by atoms with Crippen molar-refractivity contribution in [2.75, 3.05) is 0 Å². The van der Waals surface area contributed by atoms with Gasteiger partial charge in [-0.3, -0.25) is 0 Å². The number of primary amides is 1. The summed E-state index contributed by atoms with van der Waals surface area (Å²) >= 11 is 0. The lowest BCUT2D eigenvalue weighted by atomic mass is 10.3. The highest BCUT2D eigenvalue weighted by Crippen LogP contribution is 1.95. The maximum atomic E-state index is 10.1. The molecule has 0 aliphatic carbocycles. The van der Waals surface area contributed by atoms with Crippen LogP contribution in [0.25, 0.3) is 0 Å². The molecule has 0 radical (unpaired) electrons. The summed E-state index contributed by atoms with van der Waals surface area (Å²) in [4.78, 5) is 19.3. The SMILES string of the molecule is C=CC(=O)O.C=CCC(C)OC(N)=O. The number of aliphatic carboxylic acids is 1. The van der Waals surface area contributed by atoms with Crippen molar-refractivity contribution in [2.24, 2.45) is 5.73 Å². The van der Waals surface area contributed by atoms with Gasteiger partial charge in [0.1, 0.15) is 6.10 Å². The van der Waals surface area contributed by atoms with Gasteiger partial charge in [-0.25, -0.2) is 9.59 Å². The Bertz CT molecular complexity index is 213. The second-order valence-electron chi connectivity index (χ2n) is 2.31. The Balaban J connectivity index is 0. The largest absolute Gasteiger partial charge is 0.478 e.